The maximum atomic E-state index is 12.1. The molecule has 116 valence electrons. The third-order valence-electron chi connectivity index (χ3n) is 2.95. The molecular formula is C13H18IN3O4. The Hall–Kier alpha value is -1.32. The Bertz CT molecular complexity index is 577. The van der Waals surface area contributed by atoms with Crippen molar-refractivity contribution in [1.82, 2.24) is 14.7 Å². The number of nitrogens with zero attached hydrogens (tertiary/aromatic N) is 3. The smallest absolute Gasteiger partial charge is 0.410 e. The van der Waals surface area contributed by atoms with Gasteiger partial charge in [0.15, 0.2) is 5.69 Å². The van der Waals surface area contributed by atoms with Crippen molar-refractivity contribution < 1.29 is 19.1 Å². The fourth-order valence-electron chi connectivity index (χ4n) is 2.00. The van der Waals surface area contributed by atoms with Crippen LogP contribution in [0, 0.1) is 3.57 Å². The molecule has 1 aromatic rings. The van der Waals surface area contributed by atoms with Gasteiger partial charge in [-0.25, -0.2) is 9.59 Å². The van der Waals surface area contributed by atoms with Crippen molar-refractivity contribution in [2.45, 2.75) is 39.5 Å². The summed E-state index contributed by atoms with van der Waals surface area (Å²) in [6.07, 6.45) is -0.356. The Morgan fingerprint density at radius 2 is 1.95 bits per heavy atom. The molecule has 0 unspecified atom stereocenters. The average Bonchev–Trinajstić information content (AvgIpc) is 2.73. The van der Waals surface area contributed by atoms with Crippen molar-refractivity contribution in [1.29, 1.82) is 0 Å². The van der Waals surface area contributed by atoms with Gasteiger partial charge in [0.2, 0.25) is 0 Å². The zero-order chi connectivity index (χ0) is 15.8. The molecule has 0 saturated heterocycles. The monoisotopic (exact) mass is 407 g/mol. The van der Waals surface area contributed by atoms with Crippen LogP contribution in [0.3, 0.4) is 0 Å². The van der Waals surface area contributed by atoms with Gasteiger partial charge in [-0.1, -0.05) is 0 Å². The summed E-state index contributed by atoms with van der Waals surface area (Å²) in [4.78, 5) is 25.4. The molecule has 7 nitrogen and oxygen atoms in total. The number of aromatic nitrogens is 2. The van der Waals surface area contributed by atoms with E-state index in [4.69, 9.17) is 9.47 Å². The number of esters is 1. The Kier molecular flexibility index (Phi) is 4.45. The highest BCUT2D eigenvalue weighted by atomic mass is 127. The molecule has 2 rings (SSSR count). The molecule has 0 saturated carbocycles. The van der Waals surface area contributed by atoms with Gasteiger partial charge in [-0.05, 0) is 43.4 Å². The van der Waals surface area contributed by atoms with Crippen molar-refractivity contribution in [2.75, 3.05) is 13.7 Å². The number of ether oxygens (including phenoxy) is 2. The van der Waals surface area contributed by atoms with Gasteiger partial charge in [-0.2, -0.15) is 5.10 Å². The van der Waals surface area contributed by atoms with E-state index in [-0.39, 0.29) is 6.09 Å². The molecule has 0 radical (unpaired) electrons. The summed E-state index contributed by atoms with van der Waals surface area (Å²) in [7, 11) is 1.32. The van der Waals surface area contributed by atoms with Crippen LogP contribution in [0.4, 0.5) is 4.79 Å². The van der Waals surface area contributed by atoms with Crippen LogP contribution in [0.15, 0.2) is 0 Å². The molecule has 0 spiro atoms. The highest BCUT2D eigenvalue weighted by molar-refractivity contribution is 14.1. The zero-order valence-corrected chi connectivity index (χ0v) is 14.6. The predicted molar refractivity (Wildman–Crippen MR) is 82.9 cm³/mol. The van der Waals surface area contributed by atoms with E-state index in [0.717, 1.165) is 5.69 Å². The standard InChI is InChI=1S/C13H18IN3O4/c1-13(2,3)21-12(19)16-5-6-17-8(7-16)9(14)10(15-17)11(18)20-4/h5-7H2,1-4H3. The normalized spacial score (nSPS) is 14.6. The first-order chi connectivity index (χ1) is 9.73. The maximum Gasteiger partial charge on any atom is 0.410 e. The van der Waals surface area contributed by atoms with Crippen molar-refractivity contribution in [2.24, 2.45) is 0 Å². The van der Waals surface area contributed by atoms with Gasteiger partial charge in [0.1, 0.15) is 5.60 Å². The summed E-state index contributed by atoms with van der Waals surface area (Å²) in [5.74, 6) is -0.467. The second-order valence-corrected chi connectivity index (χ2v) is 6.80. The lowest BCUT2D eigenvalue weighted by Crippen LogP contribution is -2.41. The molecule has 1 aliphatic rings. The van der Waals surface area contributed by atoms with Crippen LogP contribution in [0.25, 0.3) is 0 Å². The Morgan fingerprint density at radius 3 is 2.52 bits per heavy atom. The molecule has 1 aromatic heterocycles. The fourth-order valence-corrected chi connectivity index (χ4v) is 2.77. The summed E-state index contributed by atoms with van der Waals surface area (Å²) in [6.45, 7) is 6.90. The number of rotatable bonds is 1. The first kappa shape index (κ1) is 16.1. The van der Waals surface area contributed by atoms with Gasteiger partial charge in [-0.3, -0.25) is 4.68 Å². The molecule has 0 N–H and O–H groups in total. The quantitative estimate of drug-likeness (QED) is 0.526. The van der Waals surface area contributed by atoms with E-state index in [1.165, 1.54) is 7.11 Å². The van der Waals surface area contributed by atoms with Gasteiger partial charge >= 0.3 is 12.1 Å². The number of hydrogen-bond acceptors (Lipinski definition) is 5. The molecule has 0 fully saturated rings. The number of carbonyl (C=O) groups excluding carboxylic acids is 2. The Labute approximate surface area is 136 Å². The van der Waals surface area contributed by atoms with Crippen LogP contribution < -0.4 is 0 Å². The Morgan fingerprint density at radius 1 is 1.29 bits per heavy atom. The largest absolute Gasteiger partial charge is 0.464 e. The lowest BCUT2D eigenvalue weighted by Gasteiger charge is -2.30. The third-order valence-corrected chi connectivity index (χ3v) is 4.08. The van der Waals surface area contributed by atoms with Crippen molar-refractivity contribution in [3.63, 3.8) is 0 Å². The second-order valence-electron chi connectivity index (χ2n) is 5.73. The van der Waals surface area contributed by atoms with Gasteiger partial charge in [-0.15, -0.1) is 0 Å². The second kappa shape index (κ2) is 5.82. The van der Waals surface area contributed by atoms with Crippen LogP contribution in [0.2, 0.25) is 0 Å². The highest BCUT2D eigenvalue weighted by Crippen LogP contribution is 2.23. The number of hydrogen-bond donors (Lipinski definition) is 0. The summed E-state index contributed by atoms with van der Waals surface area (Å²) >= 11 is 2.06. The van der Waals surface area contributed by atoms with E-state index in [9.17, 15) is 9.59 Å². The minimum Gasteiger partial charge on any atom is -0.464 e. The molecule has 8 heteroatoms. The minimum absolute atomic E-state index is 0.291. The maximum absolute atomic E-state index is 12.1. The zero-order valence-electron chi connectivity index (χ0n) is 12.5. The molecule has 21 heavy (non-hydrogen) atoms. The van der Waals surface area contributed by atoms with Crippen LogP contribution in [0.5, 0.6) is 0 Å². The van der Waals surface area contributed by atoms with E-state index in [2.05, 4.69) is 27.7 Å². The number of methoxy groups -OCH3 is 1. The van der Waals surface area contributed by atoms with Crippen LogP contribution >= 0.6 is 22.6 Å². The summed E-state index contributed by atoms with van der Waals surface area (Å²) in [6, 6.07) is 0. The van der Waals surface area contributed by atoms with Gasteiger partial charge < -0.3 is 14.4 Å². The van der Waals surface area contributed by atoms with Crippen LogP contribution in [-0.4, -0.2) is 46.0 Å². The first-order valence-corrected chi connectivity index (χ1v) is 7.62. The summed E-state index contributed by atoms with van der Waals surface area (Å²) in [5.41, 5.74) is 0.589. The molecule has 1 aliphatic heterocycles. The predicted octanol–water partition coefficient (Wildman–Crippen LogP) is 2.02. The lowest BCUT2D eigenvalue weighted by atomic mass is 10.2. The number of halogens is 1. The molecule has 0 aromatic carbocycles. The van der Waals surface area contributed by atoms with E-state index in [1.54, 1.807) is 9.58 Å². The number of carbonyl (C=O) groups is 2. The molecular weight excluding hydrogens is 389 g/mol. The lowest BCUT2D eigenvalue weighted by molar-refractivity contribution is 0.0193. The molecule has 0 atom stereocenters. The summed E-state index contributed by atoms with van der Waals surface area (Å²) in [5, 5.41) is 4.25. The highest BCUT2D eigenvalue weighted by Gasteiger charge is 2.30. The van der Waals surface area contributed by atoms with E-state index >= 15 is 0 Å². The summed E-state index contributed by atoms with van der Waals surface area (Å²) < 4.78 is 12.5. The van der Waals surface area contributed by atoms with E-state index in [1.807, 2.05) is 20.8 Å². The minimum atomic E-state index is -0.529. The van der Waals surface area contributed by atoms with Crippen molar-refractivity contribution in [3.8, 4) is 0 Å². The Balaban J connectivity index is 2.19. The van der Waals surface area contributed by atoms with Gasteiger partial charge in [0, 0.05) is 6.54 Å². The van der Waals surface area contributed by atoms with E-state index < -0.39 is 11.6 Å². The number of fused-ring (bicyclic) bond motifs is 1. The average molecular weight is 407 g/mol. The van der Waals surface area contributed by atoms with Crippen LogP contribution in [-0.2, 0) is 22.6 Å². The first-order valence-electron chi connectivity index (χ1n) is 6.54. The van der Waals surface area contributed by atoms with Crippen molar-refractivity contribution >= 4 is 34.7 Å². The van der Waals surface area contributed by atoms with Crippen LogP contribution in [0.1, 0.15) is 37.0 Å². The van der Waals surface area contributed by atoms with Gasteiger partial charge in [0.05, 0.1) is 29.5 Å². The van der Waals surface area contributed by atoms with Gasteiger partial charge in [0.25, 0.3) is 0 Å². The van der Waals surface area contributed by atoms with E-state index in [0.29, 0.717) is 28.9 Å². The molecule has 2 heterocycles. The molecule has 0 bridgehead atoms. The fraction of sp³-hybridized carbons (Fsp3) is 0.615. The SMILES string of the molecule is COC(=O)c1nn2c(c1I)CN(C(=O)OC(C)(C)C)CC2. The topological polar surface area (TPSA) is 73.7 Å². The third kappa shape index (κ3) is 3.47. The van der Waals surface area contributed by atoms with Crippen molar-refractivity contribution in [3.05, 3.63) is 15.0 Å². The molecule has 0 aliphatic carbocycles. The number of amides is 1. The molecule has 1 amide bonds.